The number of rotatable bonds is 4. The number of fused-ring (bicyclic) bond motifs is 8. The van der Waals surface area contributed by atoms with Gasteiger partial charge in [-0.3, -0.25) is 0 Å². The van der Waals surface area contributed by atoms with Gasteiger partial charge in [-0.15, -0.1) is 11.3 Å². The highest BCUT2D eigenvalue weighted by atomic mass is 32.1. The highest BCUT2D eigenvalue weighted by Gasteiger charge is 2.16. The van der Waals surface area contributed by atoms with Gasteiger partial charge in [0.15, 0.2) is 0 Å². The molecule has 9 aromatic rings. The summed E-state index contributed by atoms with van der Waals surface area (Å²) >= 11 is 1.87. The second-order valence-corrected chi connectivity index (χ2v) is 12.1. The second-order valence-electron chi connectivity index (χ2n) is 11.0. The lowest BCUT2D eigenvalue weighted by atomic mass is 9.98. The van der Waals surface area contributed by atoms with E-state index in [4.69, 9.17) is 4.42 Å². The molecule has 7 aromatic carbocycles. The molecule has 3 heteroatoms. The Labute approximate surface area is 252 Å². The normalized spacial score (nSPS) is 11.7. The van der Waals surface area contributed by atoms with Gasteiger partial charge in [-0.25, -0.2) is 0 Å². The molecule has 2 heterocycles. The first kappa shape index (κ1) is 24.2. The number of hydrogen-bond acceptors (Lipinski definition) is 3. The molecule has 0 fully saturated rings. The van der Waals surface area contributed by atoms with Crippen molar-refractivity contribution < 1.29 is 4.42 Å². The molecule has 0 atom stereocenters. The van der Waals surface area contributed by atoms with Gasteiger partial charge in [0.1, 0.15) is 11.2 Å². The average molecular weight is 568 g/mol. The van der Waals surface area contributed by atoms with E-state index >= 15 is 0 Å². The van der Waals surface area contributed by atoms with Crippen molar-refractivity contribution in [2.45, 2.75) is 0 Å². The Morgan fingerprint density at radius 3 is 1.98 bits per heavy atom. The van der Waals surface area contributed by atoms with Crippen molar-refractivity contribution in [3.05, 3.63) is 152 Å². The summed E-state index contributed by atoms with van der Waals surface area (Å²) in [6.45, 7) is 0. The highest BCUT2D eigenvalue weighted by Crippen LogP contribution is 2.41. The van der Waals surface area contributed by atoms with Crippen LogP contribution in [0.15, 0.2) is 156 Å². The van der Waals surface area contributed by atoms with Crippen LogP contribution in [0.25, 0.3) is 64.0 Å². The lowest BCUT2D eigenvalue weighted by molar-refractivity contribution is 0.669. The van der Waals surface area contributed by atoms with Crippen LogP contribution >= 0.6 is 11.3 Å². The molecule has 0 aliphatic rings. The van der Waals surface area contributed by atoms with Gasteiger partial charge >= 0.3 is 0 Å². The molecule has 0 saturated carbocycles. The van der Waals surface area contributed by atoms with Gasteiger partial charge in [0.2, 0.25) is 0 Å². The zero-order chi connectivity index (χ0) is 28.3. The van der Waals surface area contributed by atoms with Crippen molar-refractivity contribution in [3.63, 3.8) is 0 Å². The average Bonchev–Trinajstić information content (AvgIpc) is 3.64. The van der Waals surface area contributed by atoms with E-state index < -0.39 is 0 Å². The van der Waals surface area contributed by atoms with E-state index in [-0.39, 0.29) is 0 Å². The molecule has 0 radical (unpaired) electrons. The Morgan fingerprint density at radius 1 is 0.419 bits per heavy atom. The zero-order valence-electron chi connectivity index (χ0n) is 23.2. The van der Waals surface area contributed by atoms with E-state index in [2.05, 4.69) is 144 Å². The van der Waals surface area contributed by atoms with E-state index in [0.29, 0.717) is 0 Å². The molecule has 0 bridgehead atoms. The minimum absolute atomic E-state index is 0.889. The van der Waals surface area contributed by atoms with E-state index in [1.165, 1.54) is 42.1 Å². The predicted octanol–water partition coefficient (Wildman–Crippen LogP) is 12.2. The van der Waals surface area contributed by atoms with Crippen molar-refractivity contribution in [1.29, 1.82) is 0 Å². The number of nitrogens with zero attached hydrogens (tertiary/aromatic N) is 1. The van der Waals surface area contributed by atoms with E-state index in [1.807, 2.05) is 23.5 Å². The second kappa shape index (κ2) is 9.59. The Kier molecular flexibility index (Phi) is 5.40. The van der Waals surface area contributed by atoms with Crippen molar-refractivity contribution in [2.24, 2.45) is 0 Å². The van der Waals surface area contributed by atoms with Crippen LogP contribution in [0.2, 0.25) is 0 Å². The van der Waals surface area contributed by atoms with Crippen LogP contribution in [-0.4, -0.2) is 0 Å². The molecule has 202 valence electrons. The van der Waals surface area contributed by atoms with Gasteiger partial charge in [-0.05, 0) is 82.6 Å². The maximum atomic E-state index is 6.25. The third-order valence-corrected chi connectivity index (χ3v) is 9.59. The summed E-state index contributed by atoms with van der Waals surface area (Å²) < 4.78 is 8.93. The van der Waals surface area contributed by atoms with Crippen LogP contribution in [0.5, 0.6) is 0 Å². The Morgan fingerprint density at radius 2 is 1.09 bits per heavy atom. The van der Waals surface area contributed by atoms with Gasteiger partial charge in [0, 0.05) is 54.1 Å². The maximum Gasteiger partial charge on any atom is 0.137 e. The van der Waals surface area contributed by atoms with E-state index in [1.54, 1.807) is 0 Å². The lowest BCUT2D eigenvalue weighted by Gasteiger charge is -2.25. The van der Waals surface area contributed by atoms with Gasteiger partial charge < -0.3 is 9.32 Å². The van der Waals surface area contributed by atoms with Crippen LogP contribution in [0, 0.1) is 0 Å². The number of furan rings is 1. The molecule has 9 rings (SSSR count). The number of thiophene rings is 1. The first-order chi connectivity index (χ1) is 21.3. The molecule has 0 aliphatic heterocycles. The number of benzene rings is 7. The zero-order valence-corrected chi connectivity index (χ0v) is 24.0. The summed E-state index contributed by atoms with van der Waals surface area (Å²) in [4.78, 5) is 2.29. The quantitative estimate of drug-likeness (QED) is 0.210. The van der Waals surface area contributed by atoms with Crippen molar-refractivity contribution >= 4 is 81.3 Å². The first-order valence-corrected chi connectivity index (χ1v) is 15.3. The lowest BCUT2D eigenvalue weighted by Crippen LogP contribution is -2.09. The van der Waals surface area contributed by atoms with Crippen molar-refractivity contribution in [2.75, 3.05) is 4.90 Å². The largest absolute Gasteiger partial charge is 0.456 e. The minimum Gasteiger partial charge on any atom is -0.456 e. The summed E-state index contributed by atoms with van der Waals surface area (Å²) in [5.41, 5.74) is 7.47. The van der Waals surface area contributed by atoms with Gasteiger partial charge in [0.25, 0.3) is 0 Å². The predicted molar refractivity (Wildman–Crippen MR) is 184 cm³/mol. The van der Waals surface area contributed by atoms with E-state index in [9.17, 15) is 0 Å². The molecule has 0 aliphatic carbocycles. The molecule has 2 nitrogen and oxygen atoms in total. The van der Waals surface area contributed by atoms with Crippen molar-refractivity contribution in [3.8, 4) is 11.1 Å². The Bertz CT molecular complexity index is 2450. The molecule has 43 heavy (non-hydrogen) atoms. The molecular weight excluding hydrogens is 543 g/mol. The first-order valence-electron chi connectivity index (χ1n) is 14.5. The van der Waals surface area contributed by atoms with Crippen LogP contribution < -0.4 is 4.90 Å². The minimum atomic E-state index is 0.889. The molecule has 0 N–H and O–H groups in total. The smallest absolute Gasteiger partial charge is 0.137 e. The number of anilines is 3. The van der Waals surface area contributed by atoms with Crippen LogP contribution in [-0.2, 0) is 0 Å². The van der Waals surface area contributed by atoms with Crippen LogP contribution in [0.3, 0.4) is 0 Å². The van der Waals surface area contributed by atoms with E-state index in [0.717, 1.165) is 39.0 Å². The summed E-state index contributed by atoms with van der Waals surface area (Å²) in [7, 11) is 0. The fourth-order valence-electron chi connectivity index (χ4n) is 6.41. The Hall–Kier alpha value is -5.38. The third-order valence-electron chi connectivity index (χ3n) is 8.45. The SMILES string of the molecule is c1ccc(N(c2ccc(-c3ccc4c(ccc5sc6ccccc6c54)c3)cc2)c2ccc3c(c2)oc2ccccc23)cc1. The summed E-state index contributed by atoms with van der Waals surface area (Å²) in [5.74, 6) is 0. The summed E-state index contributed by atoms with van der Waals surface area (Å²) in [6, 6.07) is 54.2. The molecule has 2 aromatic heterocycles. The summed E-state index contributed by atoms with van der Waals surface area (Å²) in [5, 5.41) is 7.55. The summed E-state index contributed by atoms with van der Waals surface area (Å²) in [6.07, 6.45) is 0. The number of para-hydroxylation sites is 2. The van der Waals surface area contributed by atoms with Crippen LogP contribution in [0.4, 0.5) is 17.1 Å². The standard InChI is InChI=1S/C40H25NOS/c1-2-8-29(9-3-1)41(31-20-22-34-33-10-4-6-12-36(33)42-37(34)25-31)30-18-14-26(15-19-30)27-16-21-32-28(24-27)17-23-39-40(32)35-11-5-7-13-38(35)43-39/h1-25H. The fourth-order valence-corrected chi connectivity index (χ4v) is 7.54. The van der Waals surface area contributed by atoms with Gasteiger partial charge in [0.05, 0.1) is 0 Å². The fraction of sp³-hybridized carbons (Fsp3) is 0. The van der Waals surface area contributed by atoms with Crippen molar-refractivity contribution in [1.82, 2.24) is 0 Å². The molecule has 0 unspecified atom stereocenters. The topological polar surface area (TPSA) is 16.4 Å². The highest BCUT2D eigenvalue weighted by molar-refractivity contribution is 7.26. The number of hydrogen-bond donors (Lipinski definition) is 0. The monoisotopic (exact) mass is 567 g/mol. The molecule has 0 amide bonds. The maximum absolute atomic E-state index is 6.25. The van der Waals surface area contributed by atoms with Gasteiger partial charge in [-0.2, -0.15) is 0 Å². The molecule has 0 saturated heterocycles. The van der Waals surface area contributed by atoms with Gasteiger partial charge in [-0.1, -0.05) is 84.9 Å². The molecular formula is C40H25NOS. The molecule has 0 spiro atoms. The third kappa shape index (κ3) is 3.93. The Balaban J connectivity index is 1.13. The van der Waals surface area contributed by atoms with Crippen LogP contribution in [0.1, 0.15) is 0 Å².